The van der Waals surface area contributed by atoms with Gasteiger partial charge in [0.2, 0.25) is 0 Å². The first-order valence-electron chi connectivity index (χ1n) is 7.24. The highest BCUT2D eigenvalue weighted by atomic mass is 16.5. The lowest BCUT2D eigenvalue weighted by atomic mass is 10.1. The third-order valence-electron chi connectivity index (χ3n) is 3.42. The number of pyridine rings is 1. The normalized spacial score (nSPS) is 19.8. The zero-order valence-electron chi connectivity index (χ0n) is 12.2. The second-order valence-corrected chi connectivity index (χ2v) is 5.54. The highest BCUT2D eigenvalue weighted by Crippen LogP contribution is 2.17. The Morgan fingerprint density at radius 2 is 2.20 bits per heavy atom. The fourth-order valence-corrected chi connectivity index (χ4v) is 2.33. The van der Waals surface area contributed by atoms with Gasteiger partial charge in [-0.05, 0) is 45.2 Å². The quantitative estimate of drug-likeness (QED) is 0.855. The van der Waals surface area contributed by atoms with Crippen LogP contribution in [0.25, 0.3) is 0 Å². The van der Waals surface area contributed by atoms with E-state index in [1.165, 1.54) is 0 Å². The van der Waals surface area contributed by atoms with E-state index >= 15 is 0 Å². The Bertz CT molecular complexity index is 445. The number of hydrogen-bond acceptors (Lipinski definition) is 5. The molecule has 0 spiro atoms. The van der Waals surface area contributed by atoms with E-state index in [0.717, 1.165) is 38.2 Å². The van der Waals surface area contributed by atoms with Gasteiger partial charge in [-0.2, -0.15) is 0 Å². The van der Waals surface area contributed by atoms with Crippen molar-refractivity contribution in [2.24, 2.45) is 5.73 Å². The minimum atomic E-state index is -0.322. The van der Waals surface area contributed by atoms with E-state index < -0.39 is 0 Å². The van der Waals surface area contributed by atoms with Gasteiger partial charge in [-0.15, -0.1) is 0 Å². The molecular formula is C15H23N3O2. The van der Waals surface area contributed by atoms with Crippen molar-refractivity contribution in [2.45, 2.75) is 45.3 Å². The number of rotatable bonds is 3. The predicted molar refractivity (Wildman–Crippen MR) is 78.8 cm³/mol. The summed E-state index contributed by atoms with van der Waals surface area (Å²) in [5, 5.41) is 0. The van der Waals surface area contributed by atoms with Crippen LogP contribution in [0.15, 0.2) is 18.3 Å². The highest BCUT2D eigenvalue weighted by molar-refractivity contribution is 5.89. The van der Waals surface area contributed by atoms with E-state index in [9.17, 15) is 4.79 Å². The summed E-state index contributed by atoms with van der Waals surface area (Å²) >= 11 is 0. The van der Waals surface area contributed by atoms with Crippen LogP contribution >= 0.6 is 0 Å². The van der Waals surface area contributed by atoms with E-state index in [1.807, 2.05) is 19.9 Å². The van der Waals surface area contributed by atoms with Gasteiger partial charge in [0.1, 0.15) is 5.82 Å². The highest BCUT2D eigenvalue weighted by Gasteiger charge is 2.16. The molecule has 0 amide bonds. The zero-order chi connectivity index (χ0) is 14.5. The summed E-state index contributed by atoms with van der Waals surface area (Å²) in [5.41, 5.74) is 6.47. The molecule has 1 saturated heterocycles. The summed E-state index contributed by atoms with van der Waals surface area (Å²) in [6.07, 6.45) is 4.60. The Kier molecular flexibility index (Phi) is 4.95. The number of carbonyl (C=O) groups excluding carboxylic acids is 1. The van der Waals surface area contributed by atoms with Gasteiger partial charge in [-0.25, -0.2) is 9.78 Å². The second-order valence-electron chi connectivity index (χ2n) is 5.54. The molecule has 0 aliphatic carbocycles. The summed E-state index contributed by atoms with van der Waals surface area (Å²) in [5.74, 6) is 0.581. The summed E-state index contributed by atoms with van der Waals surface area (Å²) < 4.78 is 5.15. The Balaban J connectivity index is 2.02. The molecule has 5 nitrogen and oxygen atoms in total. The van der Waals surface area contributed by atoms with Crippen LogP contribution < -0.4 is 10.6 Å². The van der Waals surface area contributed by atoms with E-state index in [1.54, 1.807) is 12.3 Å². The molecule has 110 valence electrons. The second kappa shape index (κ2) is 6.70. The number of carbonyl (C=O) groups is 1. The Morgan fingerprint density at radius 3 is 2.85 bits per heavy atom. The van der Waals surface area contributed by atoms with Gasteiger partial charge in [0.15, 0.2) is 0 Å². The van der Waals surface area contributed by atoms with Gasteiger partial charge in [-0.3, -0.25) is 0 Å². The average Bonchev–Trinajstić information content (AvgIpc) is 2.63. The van der Waals surface area contributed by atoms with Crippen molar-refractivity contribution < 1.29 is 9.53 Å². The van der Waals surface area contributed by atoms with Gasteiger partial charge in [0.05, 0.1) is 11.7 Å². The molecule has 2 rings (SSSR count). The lowest BCUT2D eigenvalue weighted by molar-refractivity contribution is 0.0377. The topological polar surface area (TPSA) is 68.5 Å². The van der Waals surface area contributed by atoms with Crippen molar-refractivity contribution in [1.82, 2.24) is 4.98 Å². The van der Waals surface area contributed by atoms with Crippen LogP contribution in [0.1, 0.15) is 43.5 Å². The molecule has 0 aromatic carbocycles. The maximum absolute atomic E-state index is 11.7. The number of esters is 1. The largest absolute Gasteiger partial charge is 0.459 e. The van der Waals surface area contributed by atoms with Crippen molar-refractivity contribution in [1.29, 1.82) is 0 Å². The third-order valence-corrected chi connectivity index (χ3v) is 3.42. The van der Waals surface area contributed by atoms with Crippen LogP contribution in [-0.4, -0.2) is 36.2 Å². The van der Waals surface area contributed by atoms with Crippen LogP contribution in [0.4, 0.5) is 5.82 Å². The lowest BCUT2D eigenvalue weighted by Crippen LogP contribution is -2.27. The molecule has 2 N–H and O–H groups in total. The first-order chi connectivity index (χ1) is 9.56. The number of nitrogens with zero attached hydrogens (tertiary/aromatic N) is 2. The monoisotopic (exact) mass is 277 g/mol. The maximum Gasteiger partial charge on any atom is 0.339 e. The number of ether oxygens (including phenoxy) is 1. The molecule has 1 unspecified atom stereocenters. The number of hydrogen-bond donors (Lipinski definition) is 1. The van der Waals surface area contributed by atoms with Crippen LogP contribution in [0, 0.1) is 0 Å². The Labute approximate surface area is 120 Å². The summed E-state index contributed by atoms with van der Waals surface area (Å²) in [4.78, 5) is 18.4. The third kappa shape index (κ3) is 3.93. The van der Waals surface area contributed by atoms with Gasteiger partial charge in [0.25, 0.3) is 0 Å². The molecule has 1 fully saturated rings. The molecule has 2 heterocycles. The molecule has 0 bridgehead atoms. The van der Waals surface area contributed by atoms with Gasteiger partial charge in [-0.1, -0.05) is 0 Å². The van der Waals surface area contributed by atoms with Crippen LogP contribution in [0.3, 0.4) is 0 Å². The number of aromatic nitrogens is 1. The molecular weight excluding hydrogens is 254 g/mol. The molecule has 1 aromatic rings. The van der Waals surface area contributed by atoms with Crippen molar-refractivity contribution in [2.75, 3.05) is 18.0 Å². The fourth-order valence-electron chi connectivity index (χ4n) is 2.33. The Hall–Kier alpha value is -1.62. The maximum atomic E-state index is 11.7. The van der Waals surface area contributed by atoms with Crippen LogP contribution in [-0.2, 0) is 4.74 Å². The minimum absolute atomic E-state index is 0.116. The molecule has 1 atom stereocenters. The summed E-state index contributed by atoms with van der Waals surface area (Å²) in [6, 6.07) is 3.95. The number of nitrogens with two attached hydrogens (primary N) is 1. The smallest absolute Gasteiger partial charge is 0.339 e. The molecule has 1 aromatic heterocycles. The molecule has 1 aliphatic heterocycles. The zero-order valence-corrected chi connectivity index (χ0v) is 12.2. The summed E-state index contributed by atoms with van der Waals surface area (Å²) in [6.45, 7) is 5.56. The van der Waals surface area contributed by atoms with Gasteiger partial charge in [0, 0.05) is 25.3 Å². The van der Waals surface area contributed by atoms with Crippen molar-refractivity contribution in [3.63, 3.8) is 0 Å². The van der Waals surface area contributed by atoms with Gasteiger partial charge >= 0.3 is 5.97 Å². The molecule has 5 heteroatoms. The SMILES string of the molecule is CC(C)OC(=O)c1ccc(N2CCCC(N)CC2)nc1. The summed E-state index contributed by atoms with van der Waals surface area (Å²) in [7, 11) is 0. The Morgan fingerprint density at radius 1 is 1.40 bits per heavy atom. The number of anilines is 1. The first kappa shape index (κ1) is 14.8. The first-order valence-corrected chi connectivity index (χ1v) is 7.24. The molecule has 20 heavy (non-hydrogen) atoms. The average molecular weight is 277 g/mol. The van der Waals surface area contributed by atoms with Crippen LogP contribution in [0.5, 0.6) is 0 Å². The van der Waals surface area contributed by atoms with Crippen molar-refractivity contribution in [3.8, 4) is 0 Å². The van der Waals surface area contributed by atoms with E-state index in [4.69, 9.17) is 10.5 Å². The van der Waals surface area contributed by atoms with Crippen LogP contribution in [0.2, 0.25) is 0 Å². The van der Waals surface area contributed by atoms with E-state index in [-0.39, 0.29) is 12.1 Å². The van der Waals surface area contributed by atoms with Crippen molar-refractivity contribution in [3.05, 3.63) is 23.9 Å². The van der Waals surface area contributed by atoms with E-state index in [2.05, 4.69) is 9.88 Å². The molecule has 0 saturated carbocycles. The standard InChI is InChI=1S/C15H23N3O2/c1-11(2)20-15(19)12-5-6-14(17-10-12)18-8-3-4-13(16)7-9-18/h5-6,10-11,13H,3-4,7-9,16H2,1-2H3. The molecule has 0 radical (unpaired) electrons. The minimum Gasteiger partial charge on any atom is -0.459 e. The predicted octanol–water partition coefficient (Wildman–Crippen LogP) is 1.96. The lowest BCUT2D eigenvalue weighted by Gasteiger charge is -2.21. The van der Waals surface area contributed by atoms with Crippen molar-refractivity contribution >= 4 is 11.8 Å². The fraction of sp³-hybridized carbons (Fsp3) is 0.600. The molecule has 1 aliphatic rings. The van der Waals surface area contributed by atoms with E-state index in [0.29, 0.717) is 11.6 Å². The van der Waals surface area contributed by atoms with Gasteiger partial charge < -0.3 is 15.4 Å².